The summed E-state index contributed by atoms with van der Waals surface area (Å²) >= 11 is 0. The van der Waals surface area contributed by atoms with Crippen molar-refractivity contribution in [3.8, 4) is 0 Å². The molecule has 76 valence electrons. The molecule has 0 aromatic rings. The molecule has 1 aliphatic carbocycles. The highest BCUT2D eigenvalue weighted by Gasteiger charge is 2.21. The first kappa shape index (κ1) is 9.44. The molecule has 0 aromatic heterocycles. The number of piperidine rings is 1. The zero-order chi connectivity index (χ0) is 8.93. The Bertz CT molecular complexity index is 142. The van der Waals surface area contributed by atoms with E-state index in [1.54, 1.807) is 0 Å². The van der Waals surface area contributed by atoms with Crippen molar-refractivity contribution in [2.24, 2.45) is 5.92 Å². The molecule has 1 saturated carbocycles. The standard InChI is InChI=1S/C10H19NO2/c1-2-10(6-11-5-1)13-8-12-7-9-3-4-9/h9-11H,1-8H2/t10-/m0/s1. The summed E-state index contributed by atoms with van der Waals surface area (Å²) in [6, 6.07) is 0. The highest BCUT2D eigenvalue weighted by molar-refractivity contribution is 4.72. The molecule has 0 bridgehead atoms. The van der Waals surface area contributed by atoms with E-state index in [-0.39, 0.29) is 0 Å². The van der Waals surface area contributed by atoms with Gasteiger partial charge < -0.3 is 14.8 Å². The molecule has 1 heterocycles. The van der Waals surface area contributed by atoms with Crippen LogP contribution in [0.2, 0.25) is 0 Å². The van der Waals surface area contributed by atoms with Gasteiger partial charge in [0, 0.05) is 6.54 Å². The molecule has 2 rings (SSSR count). The fourth-order valence-corrected chi connectivity index (χ4v) is 1.61. The van der Waals surface area contributed by atoms with Gasteiger partial charge in [-0.25, -0.2) is 0 Å². The SMILES string of the molecule is C1CNC[C@@H](OCOCC2CC2)C1. The Kier molecular flexibility index (Phi) is 3.58. The Hall–Kier alpha value is -0.120. The van der Waals surface area contributed by atoms with Crippen molar-refractivity contribution in [2.75, 3.05) is 26.5 Å². The van der Waals surface area contributed by atoms with E-state index in [9.17, 15) is 0 Å². The lowest BCUT2D eigenvalue weighted by molar-refractivity contribution is -0.0965. The minimum Gasteiger partial charge on any atom is -0.355 e. The average molecular weight is 185 g/mol. The molecule has 0 unspecified atom stereocenters. The third kappa shape index (κ3) is 3.63. The summed E-state index contributed by atoms with van der Waals surface area (Å²) in [7, 11) is 0. The molecule has 0 aromatic carbocycles. The fraction of sp³-hybridized carbons (Fsp3) is 1.00. The number of rotatable bonds is 5. The van der Waals surface area contributed by atoms with Crippen LogP contribution in [0.4, 0.5) is 0 Å². The van der Waals surface area contributed by atoms with Crippen molar-refractivity contribution in [2.45, 2.75) is 31.8 Å². The van der Waals surface area contributed by atoms with Gasteiger partial charge in [-0.1, -0.05) is 0 Å². The van der Waals surface area contributed by atoms with Crippen LogP contribution >= 0.6 is 0 Å². The van der Waals surface area contributed by atoms with Crippen LogP contribution in [0.5, 0.6) is 0 Å². The van der Waals surface area contributed by atoms with Crippen molar-refractivity contribution in [1.82, 2.24) is 5.32 Å². The Morgan fingerprint density at radius 2 is 2.15 bits per heavy atom. The first-order valence-corrected chi connectivity index (χ1v) is 5.35. The second-order valence-electron chi connectivity index (χ2n) is 4.07. The van der Waals surface area contributed by atoms with Gasteiger partial charge in [0.2, 0.25) is 0 Å². The van der Waals surface area contributed by atoms with Gasteiger partial charge in [0.05, 0.1) is 12.7 Å². The van der Waals surface area contributed by atoms with Crippen molar-refractivity contribution in [3.63, 3.8) is 0 Å². The molecule has 0 amide bonds. The molecule has 1 aliphatic heterocycles. The molecule has 13 heavy (non-hydrogen) atoms. The fourth-order valence-electron chi connectivity index (χ4n) is 1.61. The largest absolute Gasteiger partial charge is 0.355 e. The van der Waals surface area contributed by atoms with Crippen LogP contribution in [-0.4, -0.2) is 32.6 Å². The van der Waals surface area contributed by atoms with Gasteiger partial charge in [-0.3, -0.25) is 0 Å². The zero-order valence-electron chi connectivity index (χ0n) is 8.13. The maximum Gasteiger partial charge on any atom is 0.147 e. The molecule has 0 spiro atoms. The third-order valence-corrected chi connectivity index (χ3v) is 2.69. The van der Waals surface area contributed by atoms with Crippen molar-refractivity contribution < 1.29 is 9.47 Å². The van der Waals surface area contributed by atoms with Gasteiger partial charge in [-0.15, -0.1) is 0 Å². The van der Waals surface area contributed by atoms with Gasteiger partial charge in [0.25, 0.3) is 0 Å². The van der Waals surface area contributed by atoms with E-state index in [0.717, 1.165) is 25.6 Å². The second kappa shape index (κ2) is 4.94. The molecule has 1 N–H and O–H groups in total. The summed E-state index contributed by atoms with van der Waals surface area (Å²) in [4.78, 5) is 0. The summed E-state index contributed by atoms with van der Waals surface area (Å²) < 4.78 is 11.0. The highest BCUT2D eigenvalue weighted by atomic mass is 16.7. The number of hydrogen-bond donors (Lipinski definition) is 1. The predicted octanol–water partition coefficient (Wildman–Crippen LogP) is 1.14. The van der Waals surface area contributed by atoms with Crippen LogP contribution in [0.3, 0.4) is 0 Å². The number of hydrogen-bond acceptors (Lipinski definition) is 3. The molecule has 3 heteroatoms. The Balaban J connectivity index is 1.46. The summed E-state index contributed by atoms with van der Waals surface area (Å²) in [5, 5.41) is 3.32. The van der Waals surface area contributed by atoms with E-state index in [4.69, 9.17) is 9.47 Å². The molecule has 2 fully saturated rings. The quantitative estimate of drug-likeness (QED) is 0.514. The summed E-state index contributed by atoms with van der Waals surface area (Å²) in [5.41, 5.74) is 0. The lowest BCUT2D eigenvalue weighted by atomic mass is 10.1. The van der Waals surface area contributed by atoms with Gasteiger partial charge >= 0.3 is 0 Å². The molecule has 1 atom stereocenters. The van der Waals surface area contributed by atoms with Crippen LogP contribution in [0.25, 0.3) is 0 Å². The first-order chi connectivity index (χ1) is 6.45. The van der Waals surface area contributed by atoms with Gasteiger partial charge in [0.1, 0.15) is 6.79 Å². The van der Waals surface area contributed by atoms with Crippen LogP contribution in [0.1, 0.15) is 25.7 Å². The van der Waals surface area contributed by atoms with Crippen molar-refractivity contribution in [1.29, 1.82) is 0 Å². The minimum absolute atomic E-state index is 0.382. The Morgan fingerprint density at radius 1 is 1.23 bits per heavy atom. The molecule has 1 saturated heterocycles. The Labute approximate surface area is 79.8 Å². The maximum absolute atomic E-state index is 5.58. The second-order valence-corrected chi connectivity index (χ2v) is 4.07. The van der Waals surface area contributed by atoms with Gasteiger partial charge in [0.15, 0.2) is 0 Å². The monoisotopic (exact) mass is 185 g/mol. The average Bonchev–Trinajstić information content (AvgIpc) is 2.98. The van der Waals surface area contributed by atoms with E-state index < -0.39 is 0 Å². The lowest BCUT2D eigenvalue weighted by Crippen LogP contribution is -2.35. The van der Waals surface area contributed by atoms with Crippen molar-refractivity contribution >= 4 is 0 Å². The van der Waals surface area contributed by atoms with Crippen LogP contribution in [-0.2, 0) is 9.47 Å². The van der Waals surface area contributed by atoms with E-state index >= 15 is 0 Å². The summed E-state index contributed by atoms with van der Waals surface area (Å²) in [5.74, 6) is 0.841. The molecule has 0 radical (unpaired) electrons. The Morgan fingerprint density at radius 3 is 2.85 bits per heavy atom. The smallest absolute Gasteiger partial charge is 0.147 e. The number of ether oxygens (including phenoxy) is 2. The summed E-state index contributed by atoms with van der Waals surface area (Å²) in [6.45, 7) is 3.53. The zero-order valence-corrected chi connectivity index (χ0v) is 8.13. The van der Waals surface area contributed by atoms with Crippen molar-refractivity contribution in [3.05, 3.63) is 0 Å². The molecular weight excluding hydrogens is 166 g/mol. The minimum atomic E-state index is 0.382. The van der Waals surface area contributed by atoms with Gasteiger partial charge in [-0.2, -0.15) is 0 Å². The van der Waals surface area contributed by atoms with E-state index in [2.05, 4.69) is 5.32 Å². The summed E-state index contributed by atoms with van der Waals surface area (Å²) in [6.07, 6.45) is 5.50. The predicted molar refractivity (Wildman–Crippen MR) is 50.5 cm³/mol. The highest BCUT2D eigenvalue weighted by Crippen LogP contribution is 2.28. The maximum atomic E-state index is 5.58. The van der Waals surface area contributed by atoms with E-state index in [1.807, 2.05) is 0 Å². The molecule has 3 nitrogen and oxygen atoms in total. The van der Waals surface area contributed by atoms with Gasteiger partial charge in [-0.05, 0) is 38.1 Å². The van der Waals surface area contributed by atoms with Crippen LogP contribution in [0, 0.1) is 5.92 Å². The van der Waals surface area contributed by atoms with E-state index in [0.29, 0.717) is 12.9 Å². The van der Waals surface area contributed by atoms with Crippen LogP contribution in [0.15, 0.2) is 0 Å². The lowest BCUT2D eigenvalue weighted by Gasteiger charge is -2.22. The first-order valence-electron chi connectivity index (χ1n) is 5.35. The molecular formula is C10H19NO2. The van der Waals surface area contributed by atoms with E-state index in [1.165, 1.54) is 25.7 Å². The topological polar surface area (TPSA) is 30.5 Å². The normalized spacial score (nSPS) is 29.1. The molecule has 2 aliphatic rings. The third-order valence-electron chi connectivity index (χ3n) is 2.69. The van der Waals surface area contributed by atoms with Crippen LogP contribution < -0.4 is 5.32 Å². The number of nitrogens with one attached hydrogen (secondary N) is 1.